The van der Waals surface area contributed by atoms with Crippen molar-refractivity contribution in [3.8, 4) is 0 Å². The van der Waals surface area contributed by atoms with Crippen molar-refractivity contribution in [1.82, 2.24) is 5.43 Å². The van der Waals surface area contributed by atoms with Crippen LogP contribution in [0.15, 0.2) is 0 Å². The number of hydrogen-bond donors (Lipinski definition) is 2. The number of hydrazine groups is 1. The van der Waals surface area contributed by atoms with Gasteiger partial charge in [-0.05, 0) is 26.2 Å². The van der Waals surface area contributed by atoms with E-state index >= 15 is 0 Å². The quantitative estimate of drug-likeness (QED) is 0.565. The van der Waals surface area contributed by atoms with Crippen LogP contribution in [0.4, 0.5) is 13.2 Å². The van der Waals surface area contributed by atoms with Crippen LogP contribution in [-0.2, 0) is 4.74 Å². The van der Waals surface area contributed by atoms with Gasteiger partial charge in [-0.1, -0.05) is 12.8 Å². The summed E-state index contributed by atoms with van der Waals surface area (Å²) in [5.41, 5.74) is 2.01. The average molecular weight is 254 g/mol. The van der Waals surface area contributed by atoms with E-state index in [1.807, 2.05) is 6.92 Å². The van der Waals surface area contributed by atoms with E-state index in [-0.39, 0.29) is 6.42 Å². The molecule has 0 aromatic carbocycles. The molecule has 0 aliphatic heterocycles. The van der Waals surface area contributed by atoms with Gasteiger partial charge in [0, 0.05) is 13.0 Å². The SMILES string of the molecule is CCOC1(C(CCC(F)(F)F)NN)CCCC1. The van der Waals surface area contributed by atoms with Gasteiger partial charge in [0.25, 0.3) is 0 Å². The Kier molecular flexibility index (Phi) is 5.22. The Morgan fingerprint density at radius 2 is 1.94 bits per heavy atom. The van der Waals surface area contributed by atoms with Gasteiger partial charge in [0.05, 0.1) is 11.6 Å². The highest BCUT2D eigenvalue weighted by atomic mass is 19.4. The molecular formula is C11H21F3N2O. The minimum absolute atomic E-state index is 0.0278. The summed E-state index contributed by atoms with van der Waals surface area (Å²) < 4.78 is 42.4. The first-order valence-corrected chi connectivity index (χ1v) is 6.10. The Morgan fingerprint density at radius 1 is 1.35 bits per heavy atom. The average Bonchev–Trinajstić information content (AvgIpc) is 2.67. The second kappa shape index (κ2) is 6.02. The second-order valence-electron chi connectivity index (χ2n) is 4.58. The predicted octanol–water partition coefficient (Wildman–Crippen LogP) is 2.51. The number of alkyl halides is 3. The molecule has 0 saturated heterocycles. The summed E-state index contributed by atoms with van der Waals surface area (Å²) in [6, 6.07) is -0.424. The van der Waals surface area contributed by atoms with Crippen LogP contribution in [0.1, 0.15) is 45.4 Å². The highest BCUT2D eigenvalue weighted by molar-refractivity contribution is 4.96. The molecule has 17 heavy (non-hydrogen) atoms. The summed E-state index contributed by atoms with van der Waals surface area (Å²) in [5, 5.41) is 0. The molecule has 3 N–H and O–H groups in total. The lowest BCUT2D eigenvalue weighted by atomic mass is 9.89. The van der Waals surface area contributed by atoms with Gasteiger partial charge in [-0.25, -0.2) is 0 Å². The molecular weight excluding hydrogens is 233 g/mol. The Bertz CT molecular complexity index is 227. The first kappa shape index (κ1) is 14.7. The molecule has 1 atom stereocenters. The van der Waals surface area contributed by atoms with Gasteiger partial charge in [0.1, 0.15) is 0 Å². The lowest BCUT2D eigenvalue weighted by molar-refractivity contribution is -0.142. The van der Waals surface area contributed by atoms with Crippen LogP contribution in [0.2, 0.25) is 0 Å². The van der Waals surface area contributed by atoms with Gasteiger partial charge in [-0.2, -0.15) is 13.2 Å². The molecule has 102 valence electrons. The molecule has 1 fully saturated rings. The van der Waals surface area contributed by atoms with Crippen LogP contribution in [0.25, 0.3) is 0 Å². The Hall–Kier alpha value is -0.330. The summed E-state index contributed by atoms with van der Waals surface area (Å²) >= 11 is 0. The topological polar surface area (TPSA) is 47.3 Å². The highest BCUT2D eigenvalue weighted by Crippen LogP contribution is 2.38. The monoisotopic (exact) mass is 254 g/mol. The van der Waals surface area contributed by atoms with E-state index in [0.717, 1.165) is 25.7 Å². The first-order valence-electron chi connectivity index (χ1n) is 6.10. The van der Waals surface area contributed by atoms with E-state index in [9.17, 15) is 13.2 Å². The molecule has 1 saturated carbocycles. The van der Waals surface area contributed by atoms with Crippen molar-refractivity contribution < 1.29 is 17.9 Å². The maximum absolute atomic E-state index is 12.2. The molecule has 1 rings (SSSR count). The minimum Gasteiger partial charge on any atom is -0.374 e. The van der Waals surface area contributed by atoms with Crippen molar-refractivity contribution in [2.75, 3.05) is 6.61 Å². The van der Waals surface area contributed by atoms with Crippen molar-refractivity contribution >= 4 is 0 Å². The van der Waals surface area contributed by atoms with E-state index in [2.05, 4.69) is 5.43 Å². The molecule has 3 nitrogen and oxygen atoms in total. The molecule has 0 radical (unpaired) electrons. The van der Waals surface area contributed by atoms with Crippen LogP contribution in [0.3, 0.4) is 0 Å². The fraction of sp³-hybridized carbons (Fsp3) is 1.00. The van der Waals surface area contributed by atoms with Gasteiger partial charge in [0.2, 0.25) is 0 Å². The number of rotatable bonds is 6. The Labute approximate surface area is 99.9 Å². The van der Waals surface area contributed by atoms with Gasteiger partial charge in [0.15, 0.2) is 0 Å². The smallest absolute Gasteiger partial charge is 0.374 e. The zero-order chi connectivity index (χ0) is 12.9. The molecule has 0 spiro atoms. The standard InChI is InChI=1S/C11H21F3N2O/c1-2-17-10(6-3-4-7-10)9(16-15)5-8-11(12,13)14/h9,16H,2-8,15H2,1H3. The fourth-order valence-electron chi connectivity index (χ4n) is 2.66. The third kappa shape index (κ3) is 4.12. The van der Waals surface area contributed by atoms with Gasteiger partial charge in [-0.15, -0.1) is 0 Å². The summed E-state index contributed by atoms with van der Waals surface area (Å²) in [4.78, 5) is 0. The zero-order valence-electron chi connectivity index (χ0n) is 10.1. The lowest BCUT2D eigenvalue weighted by Crippen LogP contribution is -2.53. The molecule has 0 amide bonds. The number of halogens is 3. The molecule has 0 bridgehead atoms. The third-order valence-corrected chi connectivity index (χ3v) is 3.43. The largest absolute Gasteiger partial charge is 0.389 e. The van der Waals surface area contributed by atoms with Crippen molar-refractivity contribution in [1.29, 1.82) is 0 Å². The predicted molar refractivity (Wildman–Crippen MR) is 59.2 cm³/mol. The summed E-state index contributed by atoms with van der Waals surface area (Å²) in [6.45, 7) is 2.36. The number of ether oxygens (including phenoxy) is 1. The Morgan fingerprint density at radius 3 is 2.35 bits per heavy atom. The molecule has 6 heteroatoms. The summed E-state index contributed by atoms with van der Waals surface area (Å²) in [7, 11) is 0. The Balaban J connectivity index is 2.62. The number of nitrogens with one attached hydrogen (secondary N) is 1. The molecule has 0 heterocycles. The van der Waals surface area contributed by atoms with Crippen LogP contribution in [-0.4, -0.2) is 24.4 Å². The van der Waals surface area contributed by atoms with Crippen LogP contribution in [0, 0.1) is 0 Å². The molecule has 1 unspecified atom stereocenters. The highest BCUT2D eigenvalue weighted by Gasteiger charge is 2.43. The van der Waals surface area contributed by atoms with E-state index in [4.69, 9.17) is 10.6 Å². The van der Waals surface area contributed by atoms with Gasteiger partial charge < -0.3 is 4.74 Å². The number of hydrogen-bond acceptors (Lipinski definition) is 3. The van der Waals surface area contributed by atoms with Gasteiger partial charge in [-0.3, -0.25) is 11.3 Å². The van der Waals surface area contributed by atoms with E-state index in [0.29, 0.717) is 6.61 Å². The van der Waals surface area contributed by atoms with Crippen LogP contribution < -0.4 is 11.3 Å². The fourth-order valence-corrected chi connectivity index (χ4v) is 2.66. The molecule has 0 aromatic rings. The maximum Gasteiger partial charge on any atom is 0.389 e. The lowest BCUT2D eigenvalue weighted by Gasteiger charge is -2.37. The van der Waals surface area contributed by atoms with Crippen molar-refractivity contribution in [2.24, 2.45) is 5.84 Å². The van der Waals surface area contributed by atoms with Crippen LogP contribution in [0.5, 0.6) is 0 Å². The van der Waals surface area contributed by atoms with Crippen LogP contribution >= 0.6 is 0 Å². The van der Waals surface area contributed by atoms with Crippen molar-refractivity contribution in [2.45, 2.75) is 63.3 Å². The third-order valence-electron chi connectivity index (χ3n) is 3.43. The second-order valence-corrected chi connectivity index (χ2v) is 4.58. The number of nitrogens with two attached hydrogens (primary N) is 1. The summed E-state index contributed by atoms with van der Waals surface area (Å²) in [5.74, 6) is 5.40. The first-order chi connectivity index (χ1) is 7.93. The molecule has 0 aromatic heterocycles. The van der Waals surface area contributed by atoms with Gasteiger partial charge >= 0.3 is 6.18 Å². The normalized spacial score (nSPS) is 21.7. The molecule has 1 aliphatic rings. The molecule has 1 aliphatic carbocycles. The summed E-state index contributed by atoms with van der Waals surface area (Å²) in [6.07, 6.45) is -1.44. The van der Waals surface area contributed by atoms with Crippen molar-refractivity contribution in [3.63, 3.8) is 0 Å². The minimum atomic E-state index is -4.14. The van der Waals surface area contributed by atoms with E-state index in [1.54, 1.807) is 0 Å². The van der Waals surface area contributed by atoms with E-state index in [1.165, 1.54) is 0 Å². The van der Waals surface area contributed by atoms with Crippen molar-refractivity contribution in [3.05, 3.63) is 0 Å². The zero-order valence-corrected chi connectivity index (χ0v) is 10.1. The van der Waals surface area contributed by atoms with E-state index < -0.39 is 24.2 Å². The maximum atomic E-state index is 12.2.